The number of allylic oxidation sites excluding steroid dienone is 5. The van der Waals surface area contributed by atoms with Gasteiger partial charge in [-0.2, -0.15) is 0 Å². The molecule has 40 heavy (non-hydrogen) atoms. The molecule has 4 aromatic carbocycles. The molecule has 2 aliphatic rings. The van der Waals surface area contributed by atoms with Gasteiger partial charge in [-0.05, 0) is 84.3 Å². The van der Waals surface area contributed by atoms with Crippen LogP contribution in [0, 0.1) is 11.8 Å². The molecule has 0 radical (unpaired) electrons. The minimum Gasteiger partial charge on any atom is -0.313 e. The van der Waals surface area contributed by atoms with Crippen molar-refractivity contribution < 1.29 is 0 Å². The summed E-state index contributed by atoms with van der Waals surface area (Å²) in [5.74, 6) is 1.11. The third-order valence-electron chi connectivity index (χ3n) is 8.75. The Morgan fingerprint density at radius 1 is 0.625 bits per heavy atom. The molecule has 0 fully saturated rings. The Morgan fingerprint density at radius 3 is 2.12 bits per heavy atom. The second kappa shape index (κ2) is 8.99. The Balaban J connectivity index is 1.33. The fourth-order valence-electron chi connectivity index (χ4n) is 6.84. The molecule has 2 unspecified atom stereocenters. The molecule has 0 amide bonds. The van der Waals surface area contributed by atoms with E-state index in [0.29, 0.717) is 11.8 Å². The number of aromatic nitrogens is 2. The van der Waals surface area contributed by atoms with Crippen LogP contribution in [0.15, 0.2) is 115 Å². The van der Waals surface area contributed by atoms with Crippen LogP contribution in [0.4, 0.5) is 0 Å². The topological polar surface area (TPSA) is 9.86 Å². The number of nitrogens with zero attached hydrogens (tertiary/aromatic N) is 2. The van der Waals surface area contributed by atoms with E-state index >= 15 is 0 Å². The monoisotopic (exact) mass is 516 g/mol. The molecule has 0 spiro atoms. The number of hydrogen-bond acceptors (Lipinski definition) is 0. The van der Waals surface area contributed by atoms with Crippen molar-refractivity contribution in [2.24, 2.45) is 11.8 Å². The highest BCUT2D eigenvalue weighted by Crippen LogP contribution is 2.40. The second-order valence-corrected chi connectivity index (χ2v) is 11.6. The summed E-state index contributed by atoms with van der Waals surface area (Å²) in [6.45, 7) is 4.63. The summed E-state index contributed by atoms with van der Waals surface area (Å²) in [6, 6.07) is 33.5. The van der Waals surface area contributed by atoms with E-state index in [1.807, 2.05) is 0 Å². The minimum atomic E-state index is 0.546. The molecule has 0 aliphatic heterocycles. The van der Waals surface area contributed by atoms with Gasteiger partial charge in [-0.25, -0.2) is 0 Å². The summed E-state index contributed by atoms with van der Waals surface area (Å²) in [5.41, 5.74) is 11.6. The van der Waals surface area contributed by atoms with Crippen molar-refractivity contribution in [1.29, 1.82) is 0 Å². The van der Waals surface area contributed by atoms with Crippen LogP contribution in [-0.2, 0) is 6.42 Å². The molecule has 0 N–H and O–H groups in total. The van der Waals surface area contributed by atoms with Crippen LogP contribution in [0.1, 0.15) is 31.5 Å². The van der Waals surface area contributed by atoms with Crippen LogP contribution in [0.3, 0.4) is 0 Å². The normalized spacial score (nSPS) is 18.5. The van der Waals surface area contributed by atoms with E-state index in [1.54, 1.807) is 0 Å². The third kappa shape index (κ3) is 3.56. The third-order valence-corrected chi connectivity index (χ3v) is 8.75. The van der Waals surface area contributed by atoms with Gasteiger partial charge in [0.25, 0.3) is 0 Å². The summed E-state index contributed by atoms with van der Waals surface area (Å²) in [4.78, 5) is 0. The number of hydrogen-bond donors (Lipinski definition) is 0. The molecule has 0 bridgehead atoms. The quantitative estimate of drug-likeness (QED) is 0.221. The molecule has 2 atom stereocenters. The summed E-state index contributed by atoms with van der Waals surface area (Å²) in [6.07, 6.45) is 14.0. The van der Waals surface area contributed by atoms with E-state index in [0.717, 1.165) is 12.8 Å². The summed E-state index contributed by atoms with van der Waals surface area (Å²) >= 11 is 0. The summed E-state index contributed by atoms with van der Waals surface area (Å²) in [7, 11) is 0. The molecule has 0 saturated heterocycles. The SMILES string of the molecule is CC1C=C(n2c3c(c4cc(-c5ccc6c(c5)c5ccccc5n6-c5ccccc5)ccc42)C=CC(C)C3)C=CC1. The zero-order chi connectivity index (χ0) is 26.8. The van der Waals surface area contributed by atoms with E-state index in [9.17, 15) is 0 Å². The Morgan fingerprint density at radius 2 is 1.32 bits per heavy atom. The first kappa shape index (κ1) is 23.3. The van der Waals surface area contributed by atoms with Crippen LogP contribution in [0.25, 0.3) is 61.3 Å². The number of fused-ring (bicyclic) bond motifs is 6. The first-order chi connectivity index (χ1) is 19.7. The molecule has 6 aromatic rings. The van der Waals surface area contributed by atoms with Crippen LogP contribution >= 0.6 is 0 Å². The average Bonchev–Trinajstić information content (AvgIpc) is 3.49. The molecule has 8 rings (SSSR count). The molecular formula is C38H32N2. The van der Waals surface area contributed by atoms with Crippen LogP contribution in [-0.4, -0.2) is 9.13 Å². The van der Waals surface area contributed by atoms with Gasteiger partial charge < -0.3 is 9.13 Å². The highest BCUT2D eigenvalue weighted by Gasteiger charge is 2.23. The molecule has 2 aliphatic carbocycles. The lowest BCUT2D eigenvalue weighted by atomic mass is 9.93. The summed E-state index contributed by atoms with van der Waals surface area (Å²) < 4.78 is 4.91. The van der Waals surface area contributed by atoms with Gasteiger partial charge in [-0.3, -0.25) is 0 Å². The predicted octanol–water partition coefficient (Wildman–Crippen LogP) is 10.0. The molecule has 0 saturated carbocycles. The first-order valence-corrected chi connectivity index (χ1v) is 14.5. The van der Waals surface area contributed by atoms with Gasteiger partial charge in [-0.1, -0.05) is 86.7 Å². The molecule has 2 aromatic heterocycles. The maximum Gasteiger partial charge on any atom is 0.0541 e. The Kier molecular flexibility index (Phi) is 5.25. The van der Waals surface area contributed by atoms with E-state index in [1.165, 1.54) is 66.5 Å². The van der Waals surface area contributed by atoms with Crippen LogP contribution in [0.2, 0.25) is 0 Å². The Labute approximate surface area is 235 Å². The standard InChI is InChI=1S/C38H32N2/c1-25-9-8-12-30(21-25)40-37-20-17-28(24-34(37)32-18-15-26(2)22-38(32)40)27-16-19-36-33(23-27)31-13-6-7-14-35(31)39(36)29-10-4-3-5-11-29/h3-8,10-21,23-26H,9,22H2,1-2H3. The molecule has 194 valence electrons. The average molecular weight is 517 g/mol. The maximum atomic E-state index is 2.53. The highest BCUT2D eigenvalue weighted by molar-refractivity contribution is 6.10. The van der Waals surface area contributed by atoms with Crippen molar-refractivity contribution in [3.8, 4) is 16.8 Å². The van der Waals surface area contributed by atoms with E-state index in [-0.39, 0.29) is 0 Å². The van der Waals surface area contributed by atoms with Crippen molar-refractivity contribution in [3.05, 3.63) is 127 Å². The largest absolute Gasteiger partial charge is 0.313 e. The number of benzene rings is 4. The van der Waals surface area contributed by atoms with Crippen molar-refractivity contribution in [2.75, 3.05) is 0 Å². The fourth-order valence-corrected chi connectivity index (χ4v) is 6.84. The van der Waals surface area contributed by atoms with E-state index < -0.39 is 0 Å². The Hall–Kier alpha value is -4.56. The van der Waals surface area contributed by atoms with Gasteiger partial charge >= 0.3 is 0 Å². The number of rotatable bonds is 3. The van der Waals surface area contributed by atoms with Crippen molar-refractivity contribution in [3.63, 3.8) is 0 Å². The molecule has 2 nitrogen and oxygen atoms in total. The zero-order valence-corrected chi connectivity index (χ0v) is 23.0. The van der Waals surface area contributed by atoms with Gasteiger partial charge in [-0.15, -0.1) is 0 Å². The van der Waals surface area contributed by atoms with Gasteiger partial charge in [0.15, 0.2) is 0 Å². The first-order valence-electron chi connectivity index (χ1n) is 14.5. The molecule has 2 heterocycles. The summed E-state index contributed by atoms with van der Waals surface area (Å²) in [5, 5.41) is 3.92. The van der Waals surface area contributed by atoms with Gasteiger partial charge in [0.2, 0.25) is 0 Å². The minimum absolute atomic E-state index is 0.546. The van der Waals surface area contributed by atoms with Crippen LogP contribution < -0.4 is 0 Å². The lowest BCUT2D eigenvalue weighted by Gasteiger charge is -2.20. The fraction of sp³-hybridized carbons (Fsp3) is 0.158. The maximum absolute atomic E-state index is 2.53. The van der Waals surface area contributed by atoms with E-state index in [2.05, 4.69) is 144 Å². The smallest absolute Gasteiger partial charge is 0.0541 e. The molecule has 2 heteroatoms. The van der Waals surface area contributed by atoms with Gasteiger partial charge in [0.05, 0.1) is 16.6 Å². The lowest BCUT2D eigenvalue weighted by Crippen LogP contribution is -2.10. The zero-order valence-electron chi connectivity index (χ0n) is 23.0. The highest BCUT2D eigenvalue weighted by atomic mass is 15.0. The predicted molar refractivity (Wildman–Crippen MR) is 171 cm³/mol. The number of para-hydroxylation sites is 2. The van der Waals surface area contributed by atoms with Crippen molar-refractivity contribution in [1.82, 2.24) is 9.13 Å². The van der Waals surface area contributed by atoms with Gasteiger partial charge in [0.1, 0.15) is 0 Å². The Bertz CT molecular complexity index is 2030. The second-order valence-electron chi connectivity index (χ2n) is 11.6. The lowest BCUT2D eigenvalue weighted by molar-refractivity contribution is 0.688. The molecular weight excluding hydrogens is 484 g/mol. The van der Waals surface area contributed by atoms with Crippen molar-refractivity contribution in [2.45, 2.75) is 26.7 Å². The van der Waals surface area contributed by atoms with E-state index in [4.69, 9.17) is 0 Å². The van der Waals surface area contributed by atoms with Gasteiger partial charge in [0, 0.05) is 38.8 Å². The van der Waals surface area contributed by atoms with Crippen molar-refractivity contribution >= 4 is 44.5 Å². The van der Waals surface area contributed by atoms with Crippen LogP contribution in [0.5, 0.6) is 0 Å².